The molecule has 0 radical (unpaired) electrons. The van der Waals surface area contributed by atoms with E-state index in [-0.39, 0.29) is 0 Å². The van der Waals surface area contributed by atoms with E-state index >= 15 is 0 Å². The van der Waals surface area contributed by atoms with Gasteiger partial charge < -0.3 is 10.5 Å². The quantitative estimate of drug-likeness (QED) is 0.792. The van der Waals surface area contributed by atoms with Gasteiger partial charge in [0.1, 0.15) is 12.9 Å². The number of benzene rings is 1. The number of para-hydroxylation sites is 1. The predicted octanol–water partition coefficient (Wildman–Crippen LogP) is 0.605. The second-order valence-electron chi connectivity index (χ2n) is 2.94. The molecule has 0 saturated heterocycles. The van der Waals surface area contributed by atoms with Crippen LogP contribution in [0.4, 0.5) is 0 Å². The van der Waals surface area contributed by atoms with Gasteiger partial charge in [0.2, 0.25) is 0 Å². The smallest absolute Gasteiger partial charge is 0.335 e. The lowest BCUT2D eigenvalue weighted by Gasteiger charge is -1.98. The van der Waals surface area contributed by atoms with Crippen LogP contribution in [0.15, 0.2) is 36.7 Å². The van der Waals surface area contributed by atoms with Crippen molar-refractivity contribution in [3.63, 3.8) is 0 Å². The number of nitrogens with zero attached hydrogens (tertiary/aromatic N) is 3. The highest BCUT2D eigenvalue weighted by molar-refractivity contribution is 5.29. The van der Waals surface area contributed by atoms with Gasteiger partial charge in [-0.25, -0.2) is 4.68 Å². The topological polar surface area (TPSA) is 66.0 Å². The van der Waals surface area contributed by atoms with Crippen LogP contribution in [0.2, 0.25) is 0 Å². The average Bonchev–Trinajstić information content (AvgIpc) is 2.76. The summed E-state index contributed by atoms with van der Waals surface area (Å²) in [7, 11) is 0. The van der Waals surface area contributed by atoms with Crippen LogP contribution in [-0.4, -0.2) is 27.9 Å². The fourth-order valence-electron chi connectivity index (χ4n) is 1.17. The molecule has 2 aromatic rings. The number of nitrogens with two attached hydrogens (primary N) is 1. The third kappa shape index (κ3) is 2.32. The zero-order valence-corrected chi connectivity index (χ0v) is 8.21. The second-order valence-corrected chi connectivity index (χ2v) is 2.94. The Balaban J connectivity index is 2.14. The highest BCUT2D eigenvalue weighted by Crippen LogP contribution is 2.07. The first kappa shape index (κ1) is 9.67. The molecule has 0 spiro atoms. The summed E-state index contributed by atoms with van der Waals surface area (Å²) in [6, 6.07) is 10.1. The van der Waals surface area contributed by atoms with Gasteiger partial charge in [0.05, 0.1) is 5.69 Å². The van der Waals surface area contributed by atoms with E-state index in [0.717, 1.165) is 5.69 Å². The highest BCUT2D eigenvalue weighted by Gasteiger charge is 2.01. The van der Waals surface area contributed by atoms with E-state index in [1.54, 1.807) is 11.0 Å². The van der Waals surface area contributed by atoms with Crippen LogP contribution in [0.25, 0.3) is 5.69 Å². The van der Waals surface area contributed by atoms with Crippen molar-refractivity contribution in [3.05, 3.63) is 36.7 Å². The lowest BCUT2D eigenvalue weighted by molar-refractivity contribution is 0.302. The Hall–Kier alpha value is -1.88. The second kappa shape index (κ2) is 4.56. The van der Waals surface area contributed by atoms with Crippen LogP contribution in [0.1, 0.15) is 0 Å². The fourth-order valence-corrected chi connectivity index (χ4v) is 1.17. The molecule has 0 unspecified atom stereocenters. The average molecular weight is 204 g/mol. The Kier molecular flexibility index (Phi) is 2.94. The molecule has 0 aliphatic rings. The van der Waals surface area contributed by atoms with Crippen LogP contribution >= 0.6 is 0 Å². The molecule has 0 saturated carbocycles. The standard InChI is InChI=1S/C10H12N4O/c11-6-7-15-10-12-8-14(13-10)9-4-2-1-3-5-9/h1-5,8H,6-7,11H2. The summed E-state index contributed by atoms with van der Waals surface area (Å²) in [5.74, 6) is 0. The number of rotatable bonds is 4. The first-order chi connectivity index (χ1) is 7.40. The van der Waals surface area contributed by atoms with Crippen LogP contribution in [0.3, 0.4) is 0 Å². The summed E-state index contributed by atoms with van der Waals surface area (Å²) in [6.45, 7) is 0.888. The summed E-state index contributed by atoms with van der Waals surface area (Å²) < 4.78 is 6.85. The molecule has 1 aromatic heterocycles. The lowest BCUT2D eigenvalue weighted by atomic mass is 10.3. The fraction of sp³-hybridized carbons (Fsp3) is 0.200. The van der Waals surface area contributed by atoms with Crippen molar-refractivity contribution in [2.45, 2.75) is 0 Å². The first-order valence-corrected chi connectivity index (χ1v) is 4.70. The van der Waals surface area contributed by atoms with Gasteiger partial charge in [0.25, 0.3) is 0 Å². The summed E-state index contributed by atoms with van der Waals surface area (Å²) in [6.07, 6.45) is 1.61. The van der Waals surface area contributed by atoms with Crippen molar-refractivity contribution >= 4 is 0 Å². The summed E-state index contributed by atoms with van der Waals surface area (Å²) in [4.78, 5) is 4.00. The molecule has 5 heteroatoms. The minimum absolute atomic E-state index is 0.351. The zero-order chi connectivity index (χ0) is 10.5. The van der Waals surface area contributed by atoms with Crippen LogP contribution in [0, 0.1) is 0 Å². The van der Waals surface area contributed by atoms with Gasteiger partial charge in [0, 0.05) is 6.54 Å². The highest BCUT2D eigenvalue weighted by atomic mass is 16.5. The molecular weight excluding hydrogens is 192 g/mol. The molecule has 1 heterocycles. The van der Waals surface area contributed by atoms with Gasteiger partial charge in [-0.05, 0) is 12.1 Å². The van der Waals surface area contributed by atoms with Crippen molar-refractivity contribution in [1.29, 1.82) is 0 Å². The molecule has 0 atom stereocenters. The Labute approximate surface area is 87.5 Å². The molecule has 2 rings (SSSR count). The van der Waals surface area contributed by atoms with Crippen molar-refractivity contribution < 1.29 is 4.74 Å². The van der Waals surface area contributed by atoms with E-state index in [1.165, 1.54) is 0 Å². The molecule has 0 bridgehead atoms. The van der Waals surface area contributed by atoms with Gasteiger partial charge in [-0.1, -0.05) is 18.2 Å². The van der Waals surface area contributed by atoms with Crippen LogP contribution in [-0.2, 0) is 0 Å². The molecule has 0 aliphatic heterocycles. The third-order valence-corrected chi connectivity index (χ3v) is 1.84. The predicted molar refractivity (Wildman–Crippen MR) is 55.9 cm³/mol. The van der Waals surface area contributed by atoms with Crippen LogP contribution < -0.4 is 10.5 Å². The van der Waals surface area contributed by atoms with E-state index < -0.39 is 0 Å². The van der Waals surface area contributed by atoms with Crippen LogP contribution in [0.5, 0.6) is 6.01 Å². The third-order valence-electron chi connectivity index (χ3n) is 1.84. The maximum absolute atomic E-state index is 5.31. The Morgan fingerprint density at radius 2 is 2.07 bits per heavy atom. The molecule has 15 heavy (non-hydrogen) atoms. The van der Waals surface area contributed by atoms with Crippen molar-refractivity contribution in [1.82, 2.24) is 14.8 Å². The summed E-state index contributed by atoms with van der Waals surface area (Å²) in [5.41, 5.74) is 6.26. The van der Waals surface area contributed by atoms with Crippen molar-refractivity contribution in [3.8, 4) is 11.7 Å². The first-order valence-electron chi connectivity index (χ1n) is 4.70. The summed E-state index contributed by atoms with van der Waals surface area (Å²) in [5, 5.41) is 4.15. The molecule has 0 aliphatic carbocycles. The molecule has 78 valence electrons. The number of hydrogen-bond acceptors (Lipinski definition) is 4. The maximum atomic E-state index is 5.31. The molecule has 1 aromatic carbocycles. The van der Waals surface area contributed by atoms with Gasteiger partial charge in [0.15, 0.2) is 0 Å². The van der Waals surface area contributed by atoms with E-state index in [2.05, 4.69) is 10.1 Å². The van der Waals surface area contributed by atoms with Gasteiger partial charge in [-0.2, -0.15) is 4.98 Å². The molecule has 2 N–H and O–H groups in total. The lowest BCUT2D eigenvalue weighted by Crippen LogP contribution is -2.11. The maximum Gasteiger partial charge on any atom is 0.335 e. The van der Waals surface area contributed by atoms with E-state index in [4.69, 9.17) is 10.5 Å². The normalized spacial score (nSPS) is 10.2. The molecule has 0 fully saturated rings. The Bertz CT molecular complexity index is 412. The molecule has 0 amide bonds. The van der Waals surface area contributed by atoms with E-state index in [0.29, 0.717) is 19.2 Å². The number of ether oxygens (including phenoxy) is 1. The summed E-state index contributed by atoms with van der Waals surface area (Å²) >= 11 is 0. The number of aromatic nitrogens is 3. The monoisotopic (exact) mass is 204 g/mol. The van der Waals surface area contributed by atoms with Gasteiger partial charge >= 0.3 is 6.01 Å². The van der Waals surface area contributed by atoms with Gasteiger partial charge in [-0.15, -0.1) is 5.10 Å². The van der Waals surface area contributed by atoms with E-state index in [9.17, 15) is 0 Å². The minimum Gasteiger partial charge on any atom is -0.461 e. The molecular formula is C10H12N4O. The largest absolute Gasteiger partial charge is 0.461 e. The Morgan fingerprint density at radius 1 is 1.27 bits per heavy atom. The van der Waals surface area contributed by atoms with Crippen molar-refractivity contribution in [2.75, 3.05) is 13.2 Å². The van der Waals surface area contributed by atoms with Gasteiger partial charge in [-0.3, -0.25) is 0 Å². The van der Waals surface area contributed by atoms with E-state index in [1.807, 2.05) is 30.3 Å². The number of hydrogen-bond donors (Lipinski definition) is 1. The molecule has 5 nitrogen and oxygen atoms in total. The Morgan fingerprint density at radius 3 is 2.80 bits per heavy atom. The zero-order valence-electron chi connectivity index (χ0n) is 8.21. The SMILES string of the molecule is NCCOc1ncn(-c2ccccc2)n1. The van der Waals surface area contributed by atoms with Crippen molar-refractivity contribution in [2.24, 2.45) is 5.73 Å². The minimum atomic E-state index is 0.351.